The van der Waals surface area contributed by atoms with Gasteiger partial charge in [0.2, 0.25) is 5.91 Å². The first kappa shape index (κ1) is 18.5. The van der Waals surface area contributed by atoms with Crippen LogP contribution in [0.15, 0.2) is 30.3 Å². The Kier molecular flexibility index (Phi) is 5.08. The van der Waals surface area contributed by atoms with Crippen molar-refractivity contribution in [3.8, 4) is 0 Å². The highest BCUT2D eigenvalue weighted by Crippen LogP contribution is 2.30. The van der Waals surface area contributed by atoms with E-state index in [0.29, 0.717) is 39.0 Å². The topological polar surface area (TPSA) is 102 Å². The lowest BCUT2D eigenvalue weighted by molar-refractivity contribution is -0.140. The van der Waals surface area contributed by atoms with Gasteiger partial charge in [-0.05, 0) is 24.8 Å². The number of carbonyl (C=O) groups excluding carboxylic acids is 2. The van der Waals surface area contributed by atoms with Gasteiger partial charge in [0.05, 0.1) is 6.04 Å². The number of urea groups is 1. The monoisotopic (exact) mass is 388 g/mol. The first-order chi connectivity index (χ1) is 13.5. The molecular formula is C19H24N4O5. The minimum atomic E-state index is -0.974. The van der Waals surface area contributed by atoms with Gasteiger partial charge >= 0.3 is 12.1 Å². The molecule has 0 saturated carbocycles. The van der Waals surface area contributed by atoms with E-state index in [1.807, 2.05) is 30.3 Å². The van der Waals surface area contributed by atoms with Crippen LogP contribution < -0.4 is 5.32 Å². The zero-order chi connectivity index (χ0) is 19.7. The molecule has 4 amide bonds. The number of benzene rings is 1. The zero-order valence-electron chi connectivity index (χ0n) is 15.5. The van der Waals surface area contributed by atoms with Crippen LogP contribution >= 0.6 is 0 Å². The average Bonchev–Trinajstić information content (AvgIpc) is 3.25. The molecular weight excluding hydrogens is 364 g/mol. The maximum Gasteiger partial charge on any atom is 0.407 e. The third kappa shape index (κ3) is 3.62. The summed E-state index contributed by atoms with van der Waals surface area (Å²) in [5.74, 6) is -0.214. The molecule has 2 bridgehead atoms. The van der Waals surface area contributed by atoms with Gasteiger partial charge in [-0.15, -0.1) is 0 Å². The predicted molar refractivity (Wildman–Crippen MR) is 98.1 cm³/mol. The fourth-order valence-corrected chi connectivity index (χ4v) is 4.14. The van der Waals surface area contributed by atoms with Crippen LogP contribution in [-0.4, -0.2) is 75.8 Å². The number of carboxylic acid groups (broad SMARTS) is 1. The fraction of sp³-hybridized carbons (Fsp3) is 0.526. The molecule has 0 aliphatic carbocycles. The number of piperidine rings is 1. The van der Waals surface area contributed by atoms with Crippen molar-refractivity contribution < 1.29 is 24.3 Å². The van der Waals surface area contributed by atoms with Crippen LogP contribution in [0.25, 0.3) is 0 Å². The number of hydrogen-bond acceptors (Lipinski definition) is 4. The lowest BCUT2D eigenvalue weighted by Gasteiger charge is -2.30. The quantitative estimate of drug-likeness (QED) is 0.791. The normalized spacial score (nSPS) is 26.6. The largest absolute Gasteiger partial charge is 0.465 e. The zero-order valence-corrected chi connectivity index (χ0v) is 15.5. The van der Waals surface area contributed by atoms with Gasteiger partial charge in [-0.25, -0.2) is 9.59 Å². The molecule has 3 saturated heterocycles. The van der Waals surface area contributed by atoms with E-state index in [9.17, 15) is 14.4 Å². The molecule has 9 heteroatoms. The highest BCUT2D eigenvalue weighted by molar-refractivity contribution is 5.88. The molecule has 150 valence electrons. The van der Waals surface area contributed by atoms with Gasteiger partial charge in [-0.3, -0.25) is 9.63 Å². The van der Waals surface area contributed by atoms with E-state index in [-0.39, 0.29) is 30.6 Å². The first-order valence-electron chi connectivity index (χ1n) is 9.58. The number of hydrogen-bond donors (Lipinski definition) is 2. The molecule has 0 spiro atoms. The molecule has 1 aromatic carbocycles. The van der Waals surface area contributed by atoms with Crippen molar-refractivity contribution in [2.75, 3.05) is 19.6 Å². The van der Waals surface area contributed by atoms with E-state index in [4.69, 9.17) is 9.94 Å². The molecule has 0 aromatic heterocycles. The SMILES string of the molecule is O=C(N[C@H]1CCN(C(=O)O)C1)[C@@H]1CC[C@@H]2CN1C(=O)N2OCc1ccccc1. The average molecular weight is 388 g/mol. The van der Waals surface area contributed by atoms with Crippen LogP contribution in [-0.2, 0) is 16.2 Å². The number of rotatable bonds is 5. The Bertz CT molecular complexity index is 758. The lowest BCUT2D eigenvalue weighted by atomic mass is 10.00. The number of likely N-dealkylation sites (tertiary alicyclic amines) is 1. The summed E-state index contributed by atoms with van der Waals surface area (Å²) in [5.41, 5.74) is 0.977. The second kappa shape index (κ2) is 7.67. The smallest absolute Gasteiger partial charge is 0.407 e. The van der Waals surface area contributed by atoms with Crippen LogP contribution in [0.5, 0.6) is 0 Å². The molecule has 0 radical (unpaired) electrons. The molecule has 28 heavy (non-hydrogen) atoms. The maximum absolute atomic E-state index is 12.8. The van der Waals surface area contributed by atoms with Crippen molar-refractivity contribution in [1.82, 2.24) is 20.2 Å². The van der Waals surface area contributed by atoms with Crippen molar-refractivity contribution >= 4 is 18.0 Å². The molecule has 1 aromatic rings. The number of hydroxylamine groups is 2. The van der Waals surface area contributed by atoms with Crippen LogP contribution in [0.3, 0.4) is 0 Å². The van der Waals surface area contributed by atoms with Gasteiger partial charge in [0.15, 0.2) is 0 Å². The van der Waals surface area contributed by atoms with Gasteiger partial charge in [0, 0.05) is 25.7 Å². The Morgan fingerprint density at radius 1 is 1.14 bits per heavy atom. The summed E-state index contributed by atoms with van der Waals surface area (Å²) >= 11 is 0. The van der Waals surface area contributed by atoms with Gasteiger partial charge in [-0.1, -0.05) is 30.3 Å². The molecule has 4 rings (SSSR count). The van der Waals surface area contributed by atoms with Gasteiger partial charge in [0.25, 0.3) is 0 Å². The molecule has 3 aliphatic heterocycles. The van der Waals surface area contributed by atoms with Gasteiger partial charge in [-0.2, -0.15) is 5.06 Å². The molecule has 3 atom stereocenters. The minimum Gasteiger partial charge on any atom is -0.465 e. The number of nitrogens with one attached hydrogen (secondary N) is 1. The number of nitrogens with zero attached hydrogens (tertiary/aromatic N) is 3. The Labute approximate surface area is 162 Å². The van der Waals surface area contributed by atoms with Crippen molar-refractivity contribution in [1.29, 1.82) is 0 Å². The van der Waals surface area contributed by atoms with E-state index in [1.165, 1.54) is 9.96 Å². The minimum absolute atomic E-state index is 0.0470. The highest BCUT2D eigenvalue weighted by atomic mass is 16.7. The summed E-state index contributed by atoms with van der Waals surface area (Å²) < 4.78 is 0. The summed E-state index contributed by atoms with van der Waals surface area (Å²) in [6, 6.07) is 8.56. The van der Waals surface area contributed by atoms with Crippen molar-refractivity contribution in [3.63, 3.8) is 0 Å². The van der Waals surface area contributed by atoms with Crippen molar-refractivity contribution in [2.45, 2.75) is 44.0 Å². The maximum atomic E-state index is 12.8. The first-order valence-corrected chi connectivity index (χ1v) is 9.58. The van der Waals surface area contributed by atoms with Gasteiger partial charge < -0.3 is 20.2 Å². The van der Waals surface area contributed by atoms with E-state index in [0.717, 1.165) is 5.56 Å². The fourth-order valence-electron chi connectivity index (χ4n) is 4.14. The second-order valence-corrected chi connectivity index (χ2v) is 7.49. The van der Waals surface area contributed by atoms with Crippen LogP contribution in [0.4, 0.5) is 9.59 Å². The summed E-state index contributed by atoms with van der Waals surface area (Å²) in [6.07, 6.45) is 0.885. The van der Waals surface area contributed by atoms with E-state index >= 15 is 0 Å². The summed E-state index contributed by atoms with van der Waals surface area (Å²) in [5, 5.41) is 13.4. The van der Waals surface area contributed by atoms with Crippen molar-refractivity contribution in [3.05, 3.63) is 35.9 Å². The molecule has 0 unspecified atom stereocenters. The Balaban J connectivity index is 1.34. The molecule has 3 fully saturated rings. The summed E-state index contributed by atoms with van der Waals surface area (Å²) in [4.78, 5) is 45.1. The third-order valence-electron chi connectivity index (χ3n) is 5.64. The van der Waals surface area contributed by atoms with E-state index < -0.39 is 12.1 Å². The van der Waals surface area contributed by atoms with Crippen LogP contribution in [0, 0.1) is 0 Å². The van der Waals surface area contributed by atoms with E-state index in [2.05, 4.69) is 5.32 Å². The Morgan fingerprint density at radius 2 is 1.93 bits per heavy atom. The second-order valence-electron chi connectivity index (χ2n) is 7.49. The van der Waals surface area contributed by atoms with E-state index in [1.54, 1.807) is 4.90 Å². The van der Waals surface area contributed by atoms with Crippen LogP contribution in [0.2, 0.25) is 0 Å². The lowest BCUT2D eigenvalue weighted by Crippen LogP contribution is -2.52. The number of fused-ring (bicyclic) bond motifs is 2. The predicted octanol–water partition coefficient (Wildman–Crippen LogP) is 1.26. The number of carbonyl (C=O) groups is 3. The standard InChI is InChI=1S/C19H24N4O5/c24-17(20-14-8-9-21(10-14)19(26)27)16-7-6-15-11-22(16)18(25)23(15)28-12-13-4-2-1-3-5-13/h1-5,14-16H,6-12H2,(H,20,24)(H,26,27)/t14-,15+,16-/m0/s1. The Morgan fingerprint density at radius 3 is 2.64 bits per heavy atom. The van der Waals surface area contributed by atoms with Crippen molar-refractivity contribution in [2.24, 2.45) is 0 Å². The number of amides is 4. The van der Waals surface area contributed by atoms with Gasteiger partial charge in [0.1, 0.15) is 12.6 Å². The highest BCUT2D eigenvalue weighted by Gasteiger charge is 2.48. The molecule has 9 nitrogen and oxygen atoms in total. The summed E-state index contributed by atoms with van der Waals surface area (Å²) in [7, 11) is 0. The molecule has 3 aliphatic rings. The summed E-state index contributed by atoms with van der Waals surface area (Å²) in [6.45, 7) is 1.48. The third-order valence-corrected chi connectivity index (χ3v) is 5.64. The molecule has 3 heterocycles. The van der Waals surface area contributed by atoms with Crippen LogP contribution in [0.1, 0.15) is 24.8 Å². The Hall–Kier alpha value is -2.81. The molecule has 2 N–H and O–H groups in total.